The molecule has 0 saturated carbocycles. The molecule has 1 aromatic carbocycles. The van der Waals surface area contributed by atoms with E-state index in [4.69, 9.17) is 5.73 Å². The van der Waals surface area contributed by atoms with Crippen molar-refractivity contribution < 1.29 is 0 Å². The summed E-state index contributed by atoms with van der Waals surface area (Å²) < 4.78 is 0. The zero-order valence-corrected chi connectivity index (χ0v) is 9.48. The number of aromatic nitrogens is 4. The zero-order valence-electron chi connectivity index (χ0n) is 8.66. The molecular weight excluding hydrogens is 238 g/mol. The summed E-state index contributed by atoms with van der Waals surface area (Å²) in [6, 6.07) is 7.50. The van der Waals surface area contributed by atoms with Gasteiger partial charge in [-0.05, 0) is 29.1 Å². The predicted octanol–water partition coefficient (Wildman–Crippen LogP) is 0.0338. The molecule has 0 bridgehead atoms. The van der Waals surface area contributed by atoms with Gasteiger partial charge in [-0.1, -0.05) is 18.2 Å². The van der Waals surface area contributed by atoms with E-state index in [2.05, 4.69) is 43.4 Å². The minimum Gasteiger partial charge on any atom is -0.375 e. The summed E-state index contributed by atoms with van der Waals surface area (Å²) in [4.78, 5) is 0. The Kier molecular flexibility index (Phi) is 3.36. The number of nitrogens with one attached hydrogen (secondary N) is 2. The number of rotatable bonds is 3. The largest absolute Gasteiger partial charge is 0.375 e. The summed E-state index contributed by atoms with van der Waals surface area (Å²) in [6.07, 6.45) is 1.60. The van der Waals surface area contributed by atoms with Crippen LogP contribution in [-0.4, -0.2) is 32.0 Å². The summed E-state index contributed by atoms with van der Waals surface area (Å²) in [5.74, 6) is 0.530. The fraction of sp³-hybridized carbons (Fsp3) is 0. The average molecular weight is 247 g/mol. The van der Waals surface area contributed by atoms with Gasteiger partial charge in [-0.3, -0.25) is 5.43 Å². The SMILES string of the molecule is NC(=S)NN=Cc1cccc(-c2nn[nH]n2)c1. The van der Waals surface area contributed by atoms with E-state index in [0.29, 0.717) is 5.82 Å². The number of hydrazone groups is 1. The zero-order chi connectivity index (χ0) is 12.1. The first-order valence-corrected chi connectivity index (χ1v) is 5.09. The molecule has 0 fully saturated rings. The number of nitrogens with two attached hydrogens (primary N) is 1. The van der Waals surface area contributed by atoms with Crippen LogP contribution in [0, 0.1) is 0 Å². The standard InChI is InChI=1S/C9H9N7S/c10-9(17)14-11-5-6-2-1-3-7(4-6)8-12-15-16-13-8/h1-5H,(H3,10,14,17)(H,12,13,15,16). The van der Waals surface area contributed by atoms with Crippen molar-refractivity contribution in [2.75, 3.05) is 0 Å². The van der Waals surface area contributed by atoms with E-state index in [0.717, 1.165) is 11.1 Å². The number of nitrogens with zero attached hydrogens (tertiary/aromatic N) is 4. The van der Waals surface area contributed by atoms with Crippen LogP contribution in [0.25, 0.3) is 11.4 Å². The first-order chi connectivity index (χ1) is 8.25. The predicted molar refractivity (Wildman–Crippen MR) is 67.1 cm³/mol. The fourth-order valence-electron chi connectivity index (χ4n) is 1.21. The van der Waals surface area contributed by atoms with Crippen LogP contribution in [-0.2, 0) is 0 Å². The number of tetrazole rings is 1. The third-order valence-corrected chi connectivity index (χ3v) is 1.97. The highest BCUT2D eigenvalue weighted by Crippen LogP contribution is 2.13. The van der Waals surface area contributed by atoms with Gasteiger partial charge in [0, 0.05) is 5.56 Å². The van der Waals surface area contributed by atoms with Crippen LogP contribution < -0.4 is 11.2 Å². The quantitative estimate of drug-likeness (QED) is 0.401. The molecule has 0 radical (unpaired) electrons. The maximum absolute atomic E-state index is 5.24. The number of thiocarbonyl (C=S) groups is 1. The first kappa shape index (κ1) is 11.1. The van der Waals surface area contributed by atoms with E-state index in [-0.39, 0.29) is 5.11 Å². The Labute approximate surface area is 102 Å². The van der Waals surface area contributed by atoms with Crippen LogP contribution in [0.1, 0.15) is 5.56 Å². The number of aromatic amines is 1. The Hall–Kier alpha value is -2.35. The van der Waals surface area contributed by atoms with Crippen LogP contribution in [0.5, 0.6) is 0 Å². The van der Waals surface area contributed by atoms with Gasteiger partial charge in [0.05, 0.1) is 6.21 Å². The van der Waals surface area contributed by atoms with Crippen molar-refractivity contribution in [2.24, 2.45) is 10.8 Å². The molecule has 7 nitrogen and oxygen atoms in total. The molecule has 8 heteroatoms. The molecule has 0 atom stereocenters. The lowest BCUT2D eigenvalue weighted by molar-refractivity contribution is 0.881. The molecule has 17 heavy (non-hydrogen) atoms. The second kappa shape index (κ2) is 5.12. The van der Waals surface area contributed by atoms with Crippen LogP contribution in [0.4, 0.5) is 0 Å². The van der Waals surface area contributed by atoms with Gasteiger partial charge < -0.3 is 5.73 Å². The molecule has 0 aliphatic carbocycles. The minimum absolute atomic E-state index is 0.121. The third kappa shape index (κ3) is 3.05. The van der Waals surface area contributed by atoms with Gasteiger partial charge in [-0.25, -0.2) is 0 Å². The van der Waals surface area contributed by atoms with Crippen molar-refractivity contribution in [1.29, 1.82) is 0 Å². The Morgan fingerprint density at radius 1 is 1.53 bits per heavy atom. The van der Waals surface area contributed by atoms with E-state index in [1.54, 1.807) is 6.21 Å². The second-order valence-electron chi connectivity index (χ2n) is 3.10. The van der Waals surface area contributed by atoms with E-state index in [1.165, 1.54) is 0 Å². The maximum Gasteiger partial charge on any atom is 0.204 e. The van der Waals surface area contributed by atoms with Crippen LogP contribution >= 0.6 is 12.2 Å². The number of H-pyrrole nitrogens is 1. The Balaban J connectivity index is 2.17. The molecule has 2 rings (SSSR count). The molecule has 1 heterocycles. The van der Waals surface area contributed by atoms with Crippen molar-refractivity contribution in [3.05, 3.63) is 29.8 Å². The highest BCUT2D eigenvalue weighted by molar-refractivity contribution is 7.80. The van der Waals surface area contributed by atoms with Crippen molar-refractivity contribution in [2.45, 2.75) is 0 Å². The van der Waals surface area contributed by atoms with E-state index in [1.807, 2.05) is 24.3 Å². The number of benzene rings is 1. The highest BCUT2D eigenvalue weighted by Gasteiger charge is 2.02. The van der Waals surface area contributed by atoms with Gasteiger partial charge in [0.25, 0.3) is 0 Å². The molecule has 0 aliphatic rings. The summed E-state index contributed by atoms with van der Waals surface area (Å²) in [7, 11) is 0. The molecule has 0 spiro atoms. The molecule has 0 unspecified atom stereocenters. The molecule has 0 saturated heterocycles. The van der Waals surface area contributed by atoms with Gasteiger partial charge in [-0.15, -0.1) is 10.2 Å². The van der Waals surface area contributed by atoms with Gasteiger partial charge in [0.15, 0.2) is 5.11 Å². The topological polar surface area (TPSA) is 105 Å². The summed E-state index contributed by atoms with van der Waals surface area (Å²) in [6.45, 7) is 0. The third-order valence-electron chi connectivity index (χ3n) is 1.88. The second-order valence-corrected chi connectivity index (χ2v) is 3.53. The minimum atomic E-state index is 0.121. The molecule has 1 aromatic heterocycles. The van der Waals surface area contributed by atoms with Crippen molar-refractivity contribution >= 4 is 23.5 Å². The van der Waals surface area contributed by atoms with Gasteiger partial charge in [0.1, 0.15) is 0 Å². The first-order valence-electron chi connectivity index (χ1n) is 4.68. The molecular formula is C9H9N7S. The fourth-order valence-corrected chi connectivity index (χ4v) is 1.27. The molecule has 0 amide bonds. The monoisotopic (exact) mass is 247 g/mol. The molecule has 2 aromatic rings. The van der Waals surface area contributed by atoms with Gasteiger partial charge in [0.2, 0.25) is 5.82 Å². The Morgan fingerprint density at radius 3 is 3.12 bits per heavy atom. The van der Waals surface area contributed by atoms with Crippen LogP contribution in [0.3, 0.4) is 0 Å². The summed E-state index contributed by atoms with van der Waals surface area (Å²) in [5, 5.41) is 17.6. The smallest absolute Gasteiger partial charge is 0.204 e. The average Bonchev–Trinajstić information content (AvgIpc) is 2.82. The lowest BCUT2D eigenvalue weighted by Crippen LogP contribution is -2.23. The van der Waals surface area contributed by atoms with E-state index < -0.39 is 0 Å². The van der Waals surface area contributed by atoms with Crippen LogP contribution in [0.15, 0.2) is 29.4 Å². The lowest BCUT2D eigenvalue weighted by atomic mass is 10.1. The van der Waals surface area contributed by atoms with Crippen LogP contribution in [0.2, 0.25) is 0 Å². The normalized spacial score (nSPS) is 10.6. The Morgan fingerprint density at radius 2 is 2.41 bits per heavy atom. The van der Waals surface area contributed by atoms with Gasteiger partial charge in [-0.2, -0.15) is 10.3 Å². The number of hydrogen-bond acceptors (Lipinski definition) is 5. The van der Waals surface area contributed by atoms with Crippen molar-refractivity contribution in [3.63, 3.8) is 0 Å². The molecule has 86 valence electrons. The van der Waals surface area contributed by atoms with Gasteiger partial charge >= 0.3 is 0 Å². The maximum atomic E-state index is 5.24. The van der Waals surface area contributed by atoms with E-state index >= 15 is 0 Å². The summed E-state index contributed by atoms with van der Waals surface area (Å²) >= 11 is 4.62. The van der Waals surface area contributed by atoms with Crippen molar-refractivity contribution in [1.82, 2.24) is 26.0 Å². The molecule has 0 aliphatic heterocycles. The molecule has 4 N–H and O–H groups in total. The lowest BCUT2D eigenvalue weighted by Gasteiger charge is -1.97. The Bertz CT molecular complexity index is 534. The number of hydrogen-bond donors (Lipinski definition) is 3. The highest BCUT2D eigenvalue weighted by atomic mass is 32.1. The summed E-state index contributed by atoms with van der Waals surface area (Å²) in [5.41, 5.74) is 9.43. The van der Waals surface area contributed by atoms with Crippen molar-refractivity contribution in [3.8, 4) is 11.4 Å². The van der Waals surface area contributed by atoms with E-state index in [9.17, 15) is 0 Å².